The van der Waals surface area contributed by atoms with E-state index in [1.54, 1.807) is 7.11 Å². The van der Waals surface area contributed by atoms with Gasteiger partial charge in [0.25, 0.3) is 0 Å². The largest absolute Gasteiger partial charge is 0.496 e. The first-order valence-electron chi connectivity index (χ1n) is 7.30. The Morgan fingerprint density at radius 3 is 2.67 bits per heavy atom. The molecule has 2 unspecified atom stereocenters. The minimum atomic E-state index is -0.0236. The molecule has 0 heterocycles. The van der Waals surface area contributed by atoms with Crippen LogP contribution >= 0.6 is 15.9 Å². The van der Waals surface area contributed by atoms with E-state index in [2.05, 4.69) is 28.2 Å². The number of rotatable bonds is 8. The van der Waals surface area contributed by atoms with Crippen LogP contribution in [0, 0.1) is 5.92 Å². The maximum atomic E-state index is 12.0. The van der Waals surface area contributed by atoms with E-state index in [0.717, 1.165) is 28.6 Å². The number of nitrogens with two attached hydrogens (primary N) is 1. The molecular weight excluding hydrogens is 332 g/mol. The Morgan fingerprint density at radius 2 is 2.10 bits per heavy atom. The standard InChI is InChI=1S/C16H25BrN2O2/c1-11(8-9-18)4-7-16(20)19-12(2)13-5-6-15(21-3)14(17)10-13/h5-6,10-12H,4,7-9,18H2,1-3H3,(H,19,20). The van der Waals surface area contributed by atoms with Crippen molar-refractivity contribution in [1.82, 2.24) is 5.32 Å². The van der Waals surface area contributed by atoms with Crippen LogP contribution in [0.15, 0.2) is 22.7 Å². The number of carbonyl (C=O) groups excluding carboxylic acids is 1. The lowest BCUT2D eigenvalue weighted by molar-refractivity contribution is -0.122. The maximum absolute atomic E-state index is 12.0. The van der Waals surface area contributed by atoms with Gasteiger partial charge < -0.3 is 15.8 Å². The van der Waals surface area contributed by atoms with E-state index in [-0.39, 0.29) is 11.9 Å². The highest BCUT2D eigenvalue weighted by Gasteiger charge is 2.12. The van der Waals surface area contributed by atoms with Crippen LogP contribution in [0.2, 0.25) is 0 Å². The van der Waals surface area contributed by atoms with E-state index in [1.165, 1.54) is 0 Å². The lowest BCUT2D eigenvalue weighted by atomic mass is 10.0. The normalized spacial score (nSPS) is 13.6. The summed E-state index contributed by atoms with van der Waals surface area (Å²) in [5, 5.41) is 3.03. The van der Waals surface area contributed by atoms with E-state index >= 15 is 0 Å². The number of benzene rings is 1. The van der Waals surface area contributed by atoms with E-state index in [1.807, 2.05) is 25.1 Å². The highest BCUT2D eigenvalue weighted by atomic mass is 79.9. The third-order valence-corrected chi connectivity index (χ3v) is 4.20. The molecule has 0 aliphatic heterocycles. The zero-order valence-corrected chi connectivity index (χ0v) is 14.6. The Hall–Kier alpha value is -1.07. The third-order valence-electron chi connectivity index (χ3n) is 3.58. The molecule has 0 aromatic heterocycles. The van der Waals surface area contributed by atoms with Crippen LogP contribution in [-0.2, 0) is 4.79 Å². The third kappa shape index (κ3) is 6.06. The van der Waals surface area contributed by atoms with Crippen molar-refractivity contribution in [1.29, 1.82) is 0 Å². The van der Waals surface area contributed by atoms with Crippen molar-refractivity contribution < 1.29 is 9.53 Å². The molecule has 3 N–H and O–H groups in total. The van der Waals surface area contributed by atoms with E-state index < -0.39 is 0 Å². The first kappa shape index (κ1) is 18.0. The second kappa shape index (κ2) is 9.05. The van der Waals surface area contributed by atoms with Crippen molar-refractivity contribution >= 4 is 21.8 Å². The van der Waals surface area contributed by atoms with Gasteiger partial charge in [0.2, 0.25) is 5.91 Å². The summed E-state index contributed by atoms with van der Waals surface area (Å²) in [5.41, 5.74) is 6.56. The summed E-state index contributed by atoms with van der Waals surface area (Å²) in [6, 6.07) is 5.81. The lowest BCUT2D eigenvalue weighted by Crippen LogP contribution is -2.26. The number of halogens is 1. The zero-order valence-electron chi connectivity index (χ0n) is 13.0. The molecule has 1 aromatic carbocycles. The summed E-state index contributed by atoms with van der Waals surface area (Å²) >= 11 is 3.46. The van der Waals surface area contributed by atoms with Crippen LogP contribution in [0.25, 0.3) is 0 Å². The van der Waals surface area contributed by atoms with Gasteiger partial charge in [0.1, 0.15) is 5.75 Å². The number of ether oxygens (including phenoxy) is 1. The molecule has 2 atom stereocenters. The van der Waals surface area contributed by atoms with Gasteiger partial charge in [0.05, 0.1) is 17.6 Å². The molecule has 0 spiro atoms. The van der Waals surface area contributed by atoms with Crippen molar-refractivity contribution in [2.24, 2.45) is 11.7 Å². The number of carbonyl (C=O) groups is 1. The highest BCUT2D eigenvalue weighted by molar-refractivity contribution is 9.10. The van der Waals surface area contributed by atoms with Crippen LogP contribution in [0.1, 0.15) is 44.7 Å². The minimum absolute atomic E-state index is 0.0236. The van der Waals surface area contributed by atoms with Crippen molar-refractivity contribution in [3.8, 4) is 5.75 Å². The SMILES string of the molecule is COc1ccc(C(C)NC(=O)CCC(C)CCN)cc1Br. The number of methoxy groups -OCH3 is 1. The first-order valence-corrected chi connectivity index (χ1v) is 8.10. The van der Waals surface area contributed by atoms with Gasteiger partial charge in [0, 0.05) is 6.42 Å². The fourth-order valence-electron chi connectivity index (χ4n) is 2.16. The van der Waals surface area contributed by atoms with E-state index in [0.29, 0.717) is 18.9 Å². The molecule has 1 aromatic rings. The Balaban J connectivity index is 2.50. The molecule has 118 valence electrons. The molecule has 0 saturated heterocycles. The molecule has 1 amide bonds. The van der Waals surface area contributed by atoms with Gasteiger partial charge in [-0.25, -0.2) is 0 Å². The topological polar surface area (TPSA) is 64.3 Å². The number of hydrogen-bond acceptors (Lipinski definition) is 3. The smallest absolute Gasteiger partial charge is 0.220 e. The monoisotopic (exact) mass is 356 g/mol. The van der Waals surface area contributed by atoms with Crippen molar-refractivity contribution in [2.45, 2.75) is 39.2 Å². The quantitative estimate of drug-likeness (QED) is 0.750. The second-order valence-electron chi connectivity index (χ2n) is 5.40. The van der Waals surface area contributed by atoms with Crippen molar-refractivity contribution in [3.05, 3.63) is 28.2 Å². The van der Waals surface area contributed by atoms with Gasteiger partial charge in [0.15, 0.2) is 0 Å². The van der Waals surface area contributed by atoms with Gasteiger partial charge in [-0.3, -0.25) is 4.79 Å². The summed E-state index contributed by atoms with van der Waals surface area (Å²) < 4.78 is 6.09. The minimum Gasteiger partial charge on any atom is -0.496 e. The van der Waals surface area contributed by atoms with Crippen molar-refractivity contribution in [2.75, 3.05) is 13.7 Å². The zero-order chi connectivity index (χ0) is 15.8. The molecule has 5 heteroatoms. The van der Waals surface area contributed by atoms with Gasteiger partial charge in [-0.15, -0.1) is 0 Å². The molecule has 0 radical (unpaired) electrons. The molecule has 4 nitrogen and oxygen atoms in total. The van der Waals surface area contributed by atoms with Crippen LogP contribution in [-0.4, -0.2) is 19.6 Å². The Labute approximate surface area is 135 Å². The summed E-state index contributed by atoms with van der Waals surface area (Å²) in [4.78, 5) is 12.0. The fourth-order valence-corrected chi connectivity index (χ4v) is 2.71. The van der Waals surface area contributed by atoms with E-state index in [4.69, 9.17) is 10.5 Å². The summed E-state index contributed by atoms with van der Waals surface area (Å²) in [6.45, 7) is 4.79. The number of amides is 1. The molecule has 0 aliphatic rings. The van der Waals surface area contributed by atoms with Crippen LogP contribution in [0.3, 0.4) is 0 Å². The summed E-state index contributed by atoms with van der Waals surface area (Å²) in [6.07, 6.45) is 2.39. The molecule has 21 heavy (non-hydrogen) atoms. The van der Waals surface area contributed by atoms with Gasteiger partial charge in [-0.05, 0) is 65.9 Å². The predicted molar refractivity (Wildman–Crippen MR) is 89.3 cm³/mol. The number of nitrogens with one attached hydrogen (secondary N) is 1. The van der Waals surface area contributed by atoms with Gasteiger partial charge in [-0.2, -0.15) is 0 Å². The Morgan fingerprint density at radius 1 is 1.38 bits per heavy atom. The van der Waals surface area contributed by atoms with Crippen LogP contribution in [0.5, 0.6) is 5.75 Å². The molecule has 1 rings (SSSR count). The lowest BCUT2D eigenvalue weighted by Gasteiger charge is -2.16. The average molecular weight is 357 g/mol. The Bertz CT molecular complexity index is 466. The van der Waals surface area contributed by atoms with E-state index in [9.17, 15) is 4.79 Å². The second-order valence-corrected chi connectivity index (χ2v) is 6.26. The molecular formula is C16H25BrN2O2. The van der Waals surface area contributed by atoms with Crippen LogP contribution in [0.4, 0.5) is 0 Å². The van der Waals surface area contributed by atoms with Crippen LogP contribution < -0.4 is 15.8 Å². The molecule has 0 bridgehead atoms. The molecule has 0 aliphatic carbocycles. The predicted octanol–water partition coefficient (Wildman–Crippen LogP) is 3.40. The Kier molecular flexibility index (Phi) is 7.75. The van der Waals surface area contributed by atoms with Gasteiger partial charge in [-0.1, -0.05) is 13.0 Å². The van der Waals surface area contributed by atoms with Gasteiger partial charge >= 0.3 is 0 Å². The molecule has 0 saturated carbocycles. The van der Waals surface area contributed by atoms with Crippen molar-refractivity contribution in [3.63, 3.8) is 0 Å². The fraction of sp³-hybridized carbons (Fsp3) is 0.562. The summed E-state index contributed by atoms with van der Waals surface area (Å²) in [7, 11) is 1.63. The highest BCUT2D eigenvalue weighted by Crippen LogP contribution is 2.28. The molecule has 0 fully saturated rings. The average Bonchev–Trinajstić information content (AvgIpc) is 2.45. The summed E-state index contributed by atoms with van der Waals surface area (Å²) in [5.74, 6) is 1.36. The maximum Gasteiger partial charge on any atom is 0.220 e. The first-order chi connectivity index (χ1) is 9.97. The number of hydrogen-bond donors (Lipinski definition) is 2.